The van der Waals surface area contributed by atoms with Gasteiger partial charge in [0.05, 0.1) is 0 Å². The molecule has 0 spiro atoms. The molecule has 2 nitrogen and oxygen atoms in total. The third kappa shape index (κ3) is 3.10. The molecule has 0 bridgehead atoms. The second-order valence-corrected chi connectivity index (χ2v) is 4.62. The van der Waals surface area contributed by atoms with Crippen LogP contribution in [0.2, 0.25) is 0 Å². The molecule has 1 aromatic rings. The third-order valence-corrected chi connectivity index (χ3v) is 2.99. The van der Waals surface area contributed by atoms with E-state index in [0.717, 1.165) is 11.3 Å². The number of nitrogens with zero attached hydrogens (tertiary/aromatic N) is 1. The molecular weight excluding hydrogens is 301 g/mol. The fraction of sp³-hybridized carbons (Fsp3) is 0.300. The van der Waals surface area contributed by atoms with E-state index in [4.69, 9.17) is 23.2 Å². The summed E-state index contributed by atoms with van der Waals surface area (Å²) in [5.74, 6) is -0.327. The van der Waals surface area contributed by atoms with Gasteiger partial charge in [-0.05, 0) is 11.6 Å². The van der Waals surface area contributed by atoms with Gasteiger partial charge in [0, 0.05) is 18.1 Å². The zero-order valence-electron chi connectivity index (χ0n) is 8.08. The number of hydrogen-bond donors (Lipinski definition) is 0. The van der Waals surface area contributed by atoms with Crippen molar-refractivity contribution in [3.63, 3.8) is 0 Å². The maximum atomic E-state index is 11.6. The first-order chi connectivity index (χ1) is 7.07. The maximum Gasteiger partial charge on any atom is 0.260 e. The summed E-state index contributed by atoms with van der Waals surface area (Å²) in [5.41, 5.74) is 1.83. The Morgan fingerprint density at radius 1 is 1.47 bits per heavy atom. The van der Waals surface area contributed by atoms with Crippen LogP contribution in [0.3, 0.4) is 0 Å². The summed E-state index contributed by atoms with van der Waals surface area (Å²) in [7, 11) is 1.65. The number of para-hydroxylation sites is 1. The van der Waals surface area contributed by atoms with Crippen LogP contribution in [0.15, 0.2) is 24.3 Å². The number of rotatable bonds is 3. The van der Waals surface area contributed by atoms with E-state index in [0.29, 0.717) is 5.33 Å². The van der Waals surface area contributed by atoms with Crippen LogP contribution in [-0.4, -0.2) is 17.8 Å². The number of halogens is 3. The largest absolute Gasteiger partial charge is 0.313 e. The first-order valence-corrected chi connectivity index (χ1v) is 6.27. The van der Waals surface area contributed by atoms with Crippen molar-refractivity contribution in [1.29, 1.82) is 0 Å². The summed E-state index contributed by atoms with van der Waals surface area (Å²) in [5, 5.41) is 0.677. The van der Waals surface area contributed by atoms with Crippen LogP contribution >= 0.6 is 39.1 Å². The highest BCUT2D eigenvalue weighted by atomic mass is 79.9. The normalized spacial score (nSPS) is 10.5. The van der Waals surface area contributed by atoms with Crippen molar-refractivity contribution in [2.24, 2.45) is 0 Å². The minimum absolute atomic E-state index is 0.327. The minimum atomic E-state index is -1.03. The quantitative estimate of drug-likeness (QED) is 0.784. The fourth-order valence-corrected chi connectivity index (χ4v) is 1.98. The van der Waals surface area contributed by atoms with E-state index < -0.39 is 4.84 Å². The molecule has 1 amide bonds. The van der Waals surface area contributed by atoms with Crippen LogP contribution in [0.5, 0.6) is 0 Å². The summed E-state index contributed by atoms with van der Waals surface area (Å²) in [6.07, 6.45) is 0. The number of hydrogen-bond acceptors (Lipinski definition) is 1. The van der Waals surface area contributed by atoms with Gasteiger partial charge in [-0.1, -0.05) is 57.3 Å². The van der Waals surface area contributed by atoms with Crippen molar-refractivity contribution in [1.82, 2.24) is 0 Å². The molecule has 0 aliphatic carbocycles. The van der Waals surface area contributed by atoms with Crippen molar-refractivity contribution >= 4 is 50.7 Å². The van der Waals surface area contributed by atoms with Gasteiger partial charge in [-0.2, -0.15) is 0 Å². The number of anilines is 1. The van der Waals surface area contributed by atoms with Crippen LogP contribution in [0, 0.1) is 0 Å². The Kier molecular flexibility index (Phi) is 4.90. The van der Waals surface area contributed by atoms with Crippen molar-refractivity contribution in [2.75, 3.05) is 11.9 Å². The number of alkyl halides is 3. The molecule has 1 rings (SSSR count). The lowest BCUT2D eigenvalue weighted by atomic mass is 10.2. The molecule has 5 heteroatoms. The summed E-state index contributed by atoms with van der Waals surface area (Å²) in [4.78, 5) is 12.0. The Hall–Kier alpha value is -0.250. The molecule has 0 atom stereocenters. The highest BCUT2D eigenvalue weighted by molar-refractivity contribution is 9.08. The van der Waals surface area contributed by atoms with Gasteiger partial charge in [0.15, 0.2) is 4.84 Å². The Bertz CT molecular complexity index is 357. The first-order valence-electron chi connectivity index (χ1n) is 4.27. The summed E-state index contributed by atoms with van der Waals surface area (Å²) in [6, 6.07) is 7.57. The van der Waals surface area contributed by atoms with E-state index in [2.05, 4.69) is 15.9 Å². The molecule has 1 aromatic carbocycles. The van der Waals surface area contributed by atoms with Crippen LogP contribution in [0.1, 0.15) is 5.56 Å². The predicted molar refractivity (Wildman–Crippen MR) is 68.0 cm³/mol. The van der Waals surface area contributed by atoms with Gasteiger partial charge < -0.3 is 4.90 Å². The van der Waals surface area contributed by atoms with Crippen LogP contribution in [-0.2, 0) is 10.1 Å². The Balaban J connectivity index is 3.00. The average molecular weight is 311 g/mol. The van der Waals surface area contributed by atoms with Gasteiger partial charge in [0.1, 0.15) is 0 Å². The molecule has 0 unspecified atom stereocenters. The molecule has 82 valence electrons. The molecular formula is C10H10BrCl2NO. The average Bonchev–Trinajstić information content (AvgIpc) is 2.26. The second-order valence-electron chi connectivity index (χ2n) is 2.96. The number of benzene rings is 1. The van der Waals surface area contributed by atoms with Crippen LogP contribution < -0.4 is 4.90 Å². The van der Waals surface area contributed by atoms with Gasteiger partial charge in [-0.3, -0.25) is 4.79 Å². The zero-order valence-corrected chi connectivity index (χ0v) is 11.2. The fourth-order valence-electron chi connectivity index (χ4n) is 1.22. The Morgan fingerprint density at radius 2 is 2.07 bits per heavy atom. The summed E-state index contributed by atoms with van der Waals surface area (Å²) < 4.78 is 0. The first kappa shape index (κ1) is 12.8. The summed E-state index contributed by atoms with van der Waals surface area (Å²) >= 11 is 14.4. The van der Waals surface area contributed by atoms with Gasteiger partial charge in [-0.25, -0.2) is 0 Å². The molecule has 0 fully saturated rings. The molecule has 0 saturated heterocycles. The van der Waals surface area contributed by atoms with Crippen molar-refractivity contribution in [3.8, 4) is 0 Å². The van der Waals surface area contributed by atoms with E-state index >= 15 is 0 Å². The Morgan fingerprint density at radius 3 is 2.60 bits per heavy atom. The smallest absolute Gasteiger partial charge is 0.260 e. The van der Waals surface area contributed by atoms with E-state index in [-0.39, 0.29) is 5.91 Å². The molecule has 0 radical (unpaired) electrons. The van der Waals surface area contributed by atoms with E-state index in [1.54, 1.807) is 7.05 Å². The monoisotopic (exact) mass is 309 g/mol. The highest BCUT2D eigenvalue weighted by Crippen LogP contribution is 2.23. The van der Waals surface area contributed by atoms with Crippen LogP contribution in [0.4, 0.5) is 5.69 Å². The molecule has 0 saturated carbocycles. The molecule has 0 aliphatic heterocycles. The lowest BCUT2D eigenvalue weighted by Gasteiger charge is -2.20. The lowest BCUT2D eigenvalue weighted by molar-refractivity contribution is -0.116. The highest BCUT2D eigenvalue weighted by Gasteiger charge is 2.19. The molecule has 0 aromatic heterocycles. The van der Waals surface area contributed by atoms with Crippen molar-refractivity contribution in [2.45, 2.75) is 10.2 Å². The minimum Gasteiger partial charge on any atom is -0.313 e. The van der Waals surface area contributed by atoms with E-state index in [1.807, 2.05) is 24.3 Å². The number of carbonyl (C=O) groups excluding carboxylic acids is 1. The van der Waals surface area contributed by atoms with E-state index in [1.165, 1.54) is 4.90 Å². The number of carbonyl (C=O) groups is 1. The molecule has 0 aliphatic rings. The Labute approximate surface area is 107 Å². The SMILES string of the molecule is CN(C(=O)C(Cl)Cl)c1ccccc1CBr. The third-order valence-electron chi connectivity index (χ3n) is 2.01. The van der Waals surface area contributed by atoms with Crippen LogP contribution in [0.25, 0.3) is 0 Å². The maximum absolute atomic E-state index is 11.6. The number of amides is 1. The van der Waals surface area contributed by atoms with Gasteiger partial charge in [0.2, 0.25) is 0 Å². The van der Waals surface area contributed by atoms with Crippen molar-refractivity contribution < 1.29 is 4.79 Å². The topological polar surface area (TPSA) is 20.3 Å². The molecule has 0 heterocycles. The standard InChI is InChI=1S/C10H10BrCl2NO/c1-14(10(15)9(12)13)8-5-3-2-4-7(8)6-11/h2-5,9H,6H2,1H3. The molecule has 15 heavy (non-hydrogen) atoms. The molecule has 0 N–H and O–H groups in total. The van der Waals surface area contributed by atoms with E-state index in [9.17, 15) is 4.79 Å². The van der Waals surface area contributed by atoms with Crippen molar-refractivity contribution in [3.05, 3.63) is 29.8 Å². The van der Waals surface area contributed by atoms with Gasteiger partial charge in [-0.15, -0.1) is 0 Å². The van der Waals surface area contributed by atoms with Gasteiger partial charge in [0.25, 0.3) is 5.91 Å². The predicted octanol–water partition coefficient (Wildman–Crippen LogP) is 3.35. The lowest BCUT2D eigenvalue weighted by Crippen LogP contribution is -2.31. The zero-order chi connectivity index (χ0) is 11.4. The van der Waals surface area contributed by atoms with Gasteiger partial charge >= 0.3 is 0 Å². The second kappa shape index (κ2) is 5.73. The summed E-state index contributed by atoms with van der Waals surface area (Å²) in [6.45, 7) is 0.